The Bertz CT molecular complexity index is 1120. The Labute approximate surface area is 200 Å². The van der Waals surface area contributed by atoms with E-state index in [1.165, 1.54) is 12.0 Å². The van der Waals surface area contributed by atoms with Crippen LogP contribution in [0, 0.1) is 0 Å². The predicted molar refractivity (Wildman–Crippen MR) is 132 cm³/mol. The molecule has 0 saturated carbocycles. The van der Waals surface area contributed by atoms with E-state index in [1.54, 1.807) is 13.3 Å². The van der Waals surface area contributed by atoms with Crippen LogP contribution in [0.2, 0.25) is 0 Å². The summed E-state index contributed by atoms with van der Waals surface area (Å²) in [7, 11) is 1.66. The number of aliphatic hydroxyl groups excluding tert-OH is 1. The third kappa shape index (κ3) is 5.12. The predicted octanol–water partition coefficient (Wildman–Crippen LogP) is 3.69. The summed E-state index contributed by atoms with van der Waals surface area (Å²) in [6.45, 7) is 4.47. The number of rotatable bonds is 8. The summed E-state index contributed by atoms with van der Waals surface area (Å²) in [4.78, 5) is 6.88. The van der Waals surface area contributed by atoms with Crippen LogP contribution >= 0.6 is 0 Å². The lowest BCUT2D eigenvalue weighted by Gasteiger charge is -2.37. The number of nitrogens with zero attached hydrogens (tertiary/aromatic N) is 2. The standard InChI is InChI=1S/C27H33N3O4/c1-32-21-6-7-24-23(15-21)22(9-10-29-24)25(31)18-30-11-3-2-4-20(30)17-28-16-19-5-8-26-27(14-19)34-13-12-33-26/h5-10,14-15,20,25,28,31H,2-4,11-13,16-18H2,1H3. The number of benzene rings is 2. The van der Waals surface area contributed by atoms with Gasteiger partial charge < -0.3 is 24.6 Å². The molecule has 1 saturated heterocycles. The van der Waals surface area contributed by atoms with E-state index < -0.39 is 6.10 Å². The van der Waals surface area contributed by atoms with Crippen LogP contribution in [-0.4, -0.2) is 61.0 Å². The van der Waals surface area contributed by atoms with Crippen LogP contribution < -0.4 is 19.5 Å². The van der Waals surface area contributed by atoms with Crippen LogP contribution in [-0.2, 0) is 6.54 Å². The highest BCUT2D eigenvalue weighted by Crippen LogP contribution is 2.31. The topological polar surface area (TPSA) is 76.1 Å². The van der Waals surface area contributed by atoms with Crippen molar-refractivity contribution in [3.05, 3.63) is 59.8 Å². The van der Waals surface area contributed by atoms with Crippen molar-refractivity contribution in [3.63, 3.8) is 0 Å². The molecule has 0 bridgehead atoms. The number of aromatic nitrogens is 1. The molecule has 0 amide bonds. The van der Waals surface area contributed by atoms with Gasteiger partial charge in [0.15, 0.2) is 11.5 Å². The van der Waals surface area contributed by atoms with Crippen molar-refractivity contribution < 1.29 is 19.3 Å². The maximum absolute atomic E-state index is 11.2. The van der Waals surface area contributed by atoms with Gasteiger partial charge in [-0.3, -0.25) is 9.88 Å². The van der Waals surface area contributed by atoms with Gasteiger partial charge in [0.05, 0.1) is 18.7 Å². The normalized spacial score (nSPS) is 19.2. The lowest BCUT2D eigenvalue weighted by Crippen LogP contribution is -2.47. The molecule has 3 aromatic rings. The largest absolute Gasteiger partial charge is 0.497 e. The van der Waals surface area contributed by atoms with Gasteiger partial charge in [0.2, 0.25) is 0 Å². The summed E-state index contributed by atoms with van der Waals surface area (Å²) in [6.07, 6.45) is 4.70. The second kappa shape index (κ2) is 10.6. The fourth-order valence-electron chi connectivity index (χ4n) is 5.00. The number of hydrogen-bond acceptors (Lipinski definition) is 7. The van der Waals surface area contributed by atoms with Crippen LogP contribution in [0.15, 0.2) is 48.7 Å². The fourth-order valence-corrected chi connectivity index (χ4v) is 5.00. The van der Waals surface area contributed by atoms with E-state index in [0.717, 1.165) is 66.2 Å². The molecule has 7 nitrogen and oxygen atoms in total. The van der Waals surface area contributed by atoms with Gasteiger partial charge in [-0.2, -0.15) is 0 Å². The van der Waals surface area contributed by atoms with E-state index in [9.17, 15) is 5.11 Å². The quantitative estimate of drug-likeness (QED) is 0.528. The highest BCUT2D eigenvalue weighted by atomic mass is 16.6. The summed E-state index contributed by atoms with van der Waals surface area (Å²) in [5.74, 6) is 2.42. The van der Waals surface area contributed by atoms with E-state index in [2.05, 4.69) is 27.3 Å². The minimum Gasteiger partial charge on any atom is -0.497 e. The van der Waals surface area contributed by atoms with Crippen molar-refractivity contribution >= 4 is 10.9 Å². The molecule has 2 unspecified atom stereocenters. The molecule has 34 heavy (non-hydrogen) atoms. The number of ether oxygens (including phenoxy) is 3. The number of hydrogen-bond donors (Lipinski definition) is 2. The zero-order valence-corrected chi connectivity index (χ0v) is 19.7. The zero-order chi connectivity index (χ0) is 23.3. The molecular weight excluding hydrogens is 430 g/mol. The van der Waals surface area contributed by atoms with Crippen molar-refractivity contribution in [1.29, 1.82) is 0 Å². The first-order valence-corrected chi connectivity index (χ1v) is 12.2. The molecule has 1 fully saturated rings. The number of piperidine rings is 1. The van der Waals surface area contributed by atoms with E-state index in [1.807, 2.05) is 30.3 Å². The Kier molecular flexibility index (Phi) is 7.13. The van der Waals surface area contributed by atoms with Crippen LogP contribution in [0.25, 0.3) is 10.9 Å². The average Bonchev–Trinajstić information content (AvgIpc) is 2.89. The number of fused-ring (bicyclic) bond motifs is 2. The SMILES string of the molecule is COc1ccc2nccc(C(O)CN3CCCCC3CNCc3ccc4c(c3)OCCO4)c2c1. The van der Waals surface area contributed by atoms with Gasteiger partial charge in [-0.25, -0.2) is 0 Å². The summed E-state index contributed by atoms with van der Waals surface area (Å²) in [5.41, 5.74) is 2.95. The molecule has 3 heterocycles. The van der Waals surface area contributed by atoms with Crippen molar-refractivity contribution in [2.75, 3.05) is 40.0 Å². The van der Waals surface area contributed by atoms with Crippen LogP contribution in [0.5, 0.6) is 17.2 Å². The summed E-state index contributed by atoms with van der Waals surface area (Å²) < 4.78 is 16.7. The van der Waals surface area contributed by atoms with Gasteiger partial charge in [0.1, 0.15) is 19.0 Å². The summed E-state index contributed by atoms with van der Waals surface area (Å²) in [6, 6.07) is 14.3. The summed E-state index contributed by atoms with van der Waals surface area (Å²) in [5, 5.41) is 15.8. The molecule has 1 aromatic heterocycles. The molecule has 2 aliphatic rings. The second-order valence-corrected chi connectivity index (χ2v) is 9.05. The van der Waals surface area contributed by atoms with Crippen LogP contribution in [0.4, 0.5) is 0 Å². The number of β-amino-alcohol motifs (C(OH)–C–C–N with tert-alkyl or cyclic N) is 1. The van der Waals surface area contributed by atoms with Crippen molar-refractivity contribution in [3.8, 4) is 17.2 Å². The lowest BCUT2D eigenvalue weighted by molar-refractivity contribution is 0.0673. The fraction of sp³-hybridized carbons (Fsp3) is 0.444. The monoisotopic (exact) mass is 463 g/mol. The number of methoxy groups -OCH3 is 1. The van der Waals surface area contributed by atoms with E-state index in [4.69, 9.17) is 14.2 Å². The van der Waals surface area contributed by atoms with E-state index in [0.29, 0.717) is 25.8 Å². The van der Waals surface area contributed by atoms with Crippen LogP contribution in [0.1, 0.15) is 36.5 Å². The molecule has 2 aliphatic heterocycles. The van der Waals surface area contributed by atoms with Gasteiger partial charge in [0.25, 0.3) is 0 Å². The van der Waals surface area contributed by atoms with Crippen molar-refractivity contribution in [2.45, 2.75) is 38.0 Å². The Hall–Kier alpha value is -2.87. The third-order valence-corrected chi connectivity index (χ3v) is 6.81. The van der Waals surface area contributed by atoms with Crippen molar-refractivity contribution in [2.24, 2.45) is 0 Å². The first-order chi connectivity index (χ1) is 16.7. The zero-order valence-electron chi connectivity index (χ0n) is 19.7. The first kappa shape index (κ1) is 22.9. The van der Waals surface area contributed by atoms with Gasteiger partial charge >= 0.3 is 0 Å². The summed E-state index contributed by atoms with van der Waals surface area (Å²) >= 11 is 0. The van der Waals surface area contributed by atoms with Gasteiger partial charge in [-0.15, -0.1) is 0 Å². The lowest BCUT2D eigenvalue weighted by atomic mass is 9.98. The maximum atomic E-state index is 11.2. The molecule has 2 N–H and O–H groups in total. The highest BCUT2D eigenvalue weighted by molar-refractivity contribution is 5.83. The Balaban J connectivity index is 1.22. The molecule has 5 rings (SSSR count). The molecule has 0 aliphatic carbocycles. The van der Waals surface area contributed by atoms with Gasteiger partial charge in [-0.05, 0) is 66.9 Å². The Morgan fingerprint density at radius 1 is 1.12 bits per heavy atom. The van der Waals surface area contributed by atoms with Gasteiger partial charge in [-0.1, -0.05) is 12.5 Å². The number of nitrogens with one attached hydrogen (secondary N) is 1. The second-order valence-electron chi connectivity index (χ2n) is 9.05. The molecule has 2 aromatic carbocycles. The number of likely N-dealkylation sites (tertiary alicyclic amines) is 1. The number of aliphatic hydroxyl groups is 1. The average molecular weight is 464 g/mol. The first-order valence-electron chi connectivity index (χ1n) is 12.2. The van der Waals surface area contributed by atoms with Gasteiger partial charge in [0, 0.05) is 37.3 Å². The third-order valence-electron chi connectivity index (χ3n) is 6.81. The molecular formula is C27H33N3O4. The molecule has 2 atom stereocenters. The van der Waals surface area contributed by atoms with Crippen molar-refractivity contribution in [1.82, 2.24) is 15.2 Å². The minimum absolute atomic E-state index is 0.392. The minimum atomic E-state index is -0.587. The molecule has 7 heteroatoms. The Morgan fingerprint density at radius 2 is 2.00 bits per heavy atom. The highest BCUT2D eigenvalue weighted by Gasteiger charge is 2.25. The maximum Gasteiger partial charge on any atom is 0.161 e. The molecule has 180 valence electrons. The Morgan fingerprint density at radius 3 is 2.88 bits per heavy atom. The number of pyridine rings is 1. The van der Waals surface area contributed by atoms with Crippen LogP contribution in [0.3, 0.4) is 0 Å². The molecule has 0 spiro atoms. The molecule has 0 radical (unpaired) electrons. The smallest absolute Gasteiger partial charge is 0.161 e. The van der Waals surface area contributed by atoms with E-state index in [-0.39, 0.29) is 0 Å². The van der Waals surface area contributed by atoms with E-state index >= 15 is 0 Å².